The lowest BCUT2D eigenvalue weighted by Crippen LogP contribution is -2.40. The van der Waals surface area contributed by atoms with E-state index in [0.29, 0.717) is 11.8 Å². The van der Waals surface area contributed by atoms with Crippen molar-refractivity contribution in [2.24, 2.45) is 35.5 Å². The highest BCUT2D eigenvalue weighted by Crippen LogP contribution is 2.50. The smallest absolute Gasteiger partial charge is 0.314 e. The van der Waals surface area contributed by atoms with Crippen molar-refractivity contribution in [1.29, 1.82) is 0 Å². The molecule has 0 N–H and O–H groups in total. The highest BCUT2D eigenvalue weighted by atomic mass is 19.2. The van der Waals surface area contributed by atoms with Crippen molar-refractivity contribution in [3.8, 4) is 5.75 Å². The zero-order valence-electron chi connectivity index (χ0n) is 17.8. The number of carbonyl (C=O) groups excluding carboxylic acids is 1. The van der Waals surface area contributed by atoms with Gasteiger partial charge in [-0.1, -0.05) is 39.0 Å². The number of esters is 1. The van der Waals surface area contributed by atoms with Crippen molar-refractivity contribution in [2.45, 2.75) is 77.6 Å². The molecule has 0 heterocycles. The number of rotatable bonds is 4. The van der Waals surface area contributed by atoms with Crippen LogP contribution in [0.2, 0.25) is 0 Å². The van der Waals surface area contributed by atoms with Crippen molar-refractivity contribution < 1.29 is 22.7 Å². The zero-order chi connectivity index (χ0) is 21.3. The molecule has 0 aliphatic heterocycles. The van der Waals surface area contributed by atoms with Crippen LogP contribution in [0.25, 0.3) is 0 Å². The Hall–Kier alpha value is -1.52. The third-order valence-electron chi connectivity index (χ3n) is 8.30. The fourth-order valence-corrected chi connectivity index (χ4v) is 6.57. The number of benzene rings is 1. The Bertz CT molecular complexity index is 734. The summed E-state index contributed by atoms with van der Waals surface area (Å²) in [5, 5.41) is 0. The Balaban J connectivity index is 1.37. The van der Waals surface area contributed by atoms with Crippen molar-refractivity contribution in [3.63, 3.8) is 0 Å². The number of fused-ring (bicyclic) bond motifs is 1. The lowest BCUT2D eigenvalue weighted by molar-refractivity contribution is -0.144. The predicted molar refractivity (Wildman–Crippen MR) is 109 cm³/mol. The van der Waals surface area contributed by atoms with Gasteiger partial charge in [0.2, 0.25) is 0 Å². The van der Waals surface area contributed by atoms with E-state index in [1.165, 1.54) is 44.9 Å². The Morgan fingerprint density at radius 2 is 1.57 bits per heavy atom. The molecule has 1 aromatic carbocycles. The van der Waals surface area contributed by atoms with Crippen LogP contribution in [0, 0.1) is 53.0 Å². The summed E-state index contributed by atoms with van der Waals surface area (Å²) < 4.78 is 45.4. The van der Waals surface area contributed by atoms with E-state index in [4.69, 9.17) is 4.74 Å². The minimum absolute atomic E-state index is 0.225. The second-order valence-electron chi connectivity index (χ2n) is 9.85. The summed E-state index contributed by atoms with van der Waals surface area (Å²) >= 11 is 0. The molecule has 3 saturated carbocycles. The lowest BCUT2D eigenvalue weighted by Gasteiger charge is -2.46. The minimum Gasteiger partial charge on any atom is -0.426 e. The molecule has 3 aliphatic carbocycles. The van der Waals surface area contributed by atoms with E-state index in [-0.39, 0.29) is 11.7 Å². The molecule has 5 heteroatoms. The lowest BCUT2D eigenvalue weighted by atomic mass is 9.59. The van der Waals surface area contributed by atoms with Gasteiger partial charge in [-0.3, -0.25) is 4.79 Å². The van der Waals surface area contributed by atoms with Gasteiger partial charge in [-0.15, -0.1) is 0 Å². The van der Waals surface area contributed by atoms with Crippen molar-refractivity contribution >= 4 is 5.97 Å². The normalized spacial score (nSPS) is 34.3. The van der Waals surface area contributed by atoms with Gasteiger partial charge in [0.25, 0.3) is 0 Å². The Kier molecular flexibility index (Phi) is 6.74. The van der Waals surface area contributed by atoms with Crippen LogP contribution in [-0.4, -0.2) is 5.97 Å². The summed E-state index contributed by atoms with van der Waals surface area (Å²) in [6, 6.07) is 1.50. The highest BCUT2D eigenvalue weighted by molar-refractivity contribution is 5.75. The second kappa shape index (κ2) is 9.32. The summed E-state index contributed by atoms with van der Waals surface area (Å²) in [5.74, 6) is -1.74. The maximum Gasteiger partial charge on any atom is 0.314 e. The molecule has 0 saturated heterocycles. The molecule has 4 rings (SSSR count). The summed E-state index contributed by atoms with van der Waals surface area (Å²) in [5.41, 5.74) is 0. The Morgan fingerprint density at radius 1 is 0.900 bits per heavy atom. The molecule has 0 spiro atoms. The molecule has 3 aliphatic rings. The van der Waals surface area contributed by atoms with Gasteiger partial charge in [-0.25, -0.2) is 13.2 Å². The third-order valence-corrected chi connectivity index (χ3v) is 8.30. The number of hydrogen-bond donors (Lipinski definition) is 0. The van der Waals surface area contributed by atoms with Crippen LogP contribution in [0.3, 0.4) is 0 Å². The molecule has 166 valence electrons. The first kappa shape index (κ1) is 21.7. The van der Waals surface area contributed by atoms with E-state index in [9.17, 15) is 18.0 Å². The van der Waals surface area contributed by atoms with E-state index >= 15 is 0 Å². The van der Waals surface area contributed by atoms with Crippen molar-refractivity contribution in [3.05, 3.63) is 29.6 Å². The predicted octanol–water partition coefficient (Wildman–Crippen LogP) is 7.06. The van der Waals surface area contributed by atoms with Gasteiger partial charge in [0, 0.05) is 12.1 Å². The molecule has 1 aromatic rings. The molecule has 0 radical (unpaired) electrons. The van der Waals surface area contributed by atoms with Gasteiger partial charge in [0.15, 0.2) is 17.5 Å². The third kappa shape index (κ3) is 4.55. The van der Waals surface area contributed by atoms with E-state index in [1.54, 1.807) is 0 Å². The van der Waals surface area contributed by atoms with E-state index < -0.39 is 23.4 Å². The number of carbonyl (C=O) groups is 1. The Labute approximate surface area is 177 Å². The Morgan fingerprint density at radius 3 is 2.23 bits per heavy atom. The van der Waals surface area contributed by atoms with Crippen LogP contribution >= 0.6 is 0 Å². The zero-order valence-corrected chi connectivity index (χ0v) is 17.8. The van der Waals surface area contributed by atoms with Crippen LogP contribution in [0.1, 0.15) is 77.6 Å². The van der Waals surface area contributed by atoms with Crippen LogP contribution < -0.4 is 4.74 Å². The van der Waals surface area contributed by atoms with Gasteiger partial charge in [0.05, 0.1) is 5.92 Å². The first-order valence-electron chi connectivity index (χ1n) is 11.8. The van der Waals surface area contributed by atoms with Gasteiger partial charge in [0.1, 0.15) is 5.75 Å². The quantitative estimate of drug-likeness (QED) is 0.295. The van der Waals surface area contributed by atoms with E-state index in [1.807, 2.05) is 0 Å². The molecule has 30 heavy (non-hydrogen) atoms. The van der Waals surface area contributed by atoms with Crippen LogP contribution in [0.5, 0.6) is 5.75 Å². The van der Waals surface area contributed by atoms with Crippen LogP contribution in [-0.2, 0) is 4.79 Å². The second-order valence-corrected chi connectivity index (χ2v) is 9.85. The number of hydrogen-bond acceptors (Lipinski definition) is 2. The molecular formula is C25H33F3O2. The summed E-state index contributed by atoms with van der Waals surface area (Å²) in [7, 11) is 0. The molecule has 0 bridgehead atoms. The minimum atomic E-state index is -1.54. The monoisotopic (exact) mass is 422 g/mol. The highest BCUT2D eigenvalue weighted by Gasteiger charge is 2.43. The summed E-state index contributed by atoms with van der Waals surface area (Å²) in [6.07, 6.45) is 13.1. The summed E-state index contributed by atoms with van der Waals surface area (Å²) in [4.78, 5) is 12.8. The molecule has 0 amide bonds. The fraction of sp³-hybridized carbons (Fsp3) is 0.720. The van der Waals surface area contributed by atoms with E-state index in [2.05, 4.69) is 6.92 Å². The molecule has 4 atom stereocenters. The number of halogens is 3. The molecule has 2 nitrogen and oxygen atoms in total. The van der Waals surface area contributed by atoms with Crippen molar-refractivity contribution in [1.82, 2.24) is 0 Å². The molecule has 0 aromatic heterocycles. The molecule has 3 fully saturated rings. The fourth-order valence-electron chi connectivity index (χ4n) is 6.57. The van der Waals surface area contributed by atoms with E-state index in [0.717, 1.165) is 55.6 Å². The maximum atomic E-state index is 13.5. The van der Waals surface area contributed by atoms with Gasteiger partial charge in [-0.2, -0.15) is 0 Å². The van der Waals surface area contributed by atoms with Crippen LogP contribution in [0.15, 0.2) is 12.1 Å². The topological polar surface area (TPSA) is 26.3 Å². The average Bonchev–Trinajstić information content (AvgIpc) is 2.76. The van der Waals surface area contributed by atoms with Gasteiger partial charge < -0.3 is 4.74 Å². The van der Waals surface area contributed by atoms with Gasteiger partial charge in [-0.05, 0) is 68.1 Å². The SMILES string of the molecule is CCC1CCC(C2CCC3C(CCCC3C(=O)Oc3cc(F)c(F)c(F)c3)C2)CC1. The molecular weight excluding hydrogens is 389 g/mol. The number of ether oxygens (including phenoxy) is 1. The van der Waals surface area contributed by atoms with Crippen LogP contribution in [0.4, 0.5) is 13.2 Å². The van der Waals surface area contributed by atoms with Gasteiger partial charge >= 0.3 is 5.97 Å². The maximum absolute atomic E-state index is 13.5. The molecule has 4 unspecified atom stereocenters. The summed E-state index contributed by atoms with van der Waals surface area (Å²) in [6.45, 7) is 2.30. The van der Waals surface area contributed by atoms with Crippen molar-refractivity contribution in [2.75, 3.05) is 0 Å². The standard InChI is InChI=1S/C25H33F3O2/c1-2-15-6-8-16(9-7-15)17-10-11-20-18(12-17)4-3-5-21(20)25(29)30-19-13-22(26)24(28)23(27)14-19/h13-18,20-21H,2-12H2,1H3. The first-order chi connectivity index (χ1) is 14.5. The largest absolute Gasteiger partial charge is 0.426 e. The first-order valence-corrected chi connectivity index (χ1v) is 11.8. The average molecular weight is 423 g/mol.